The van der Waals surface area contributed by atoms with Crippen molar-refractivity contribution >= 4 is 26.6 Å². The van der Waals surface area contributed by atoms with E-state index in [2.05, 4.69) is 33.8 Å². The van der Waals surface area contributed by atoms with Gasteiger partial charge in [-0.15, -0.1) is 0 Å². The molecular weight excluding hydrogens is 416 g/mol. The minimum Gasteiger partial charge on any atom is -0.384 e. The van der Waals surface area contributed by atoms with Crippen molar-refractivity contribution in [2.45, 2.75) is 24.2 Å². The van der Waals surface area contributed by atoms with E-state index in [-0.39, 0.29) is 10.3 Å². The summed E-state index contributed by atoms with van der Waals surface area (Å²) in [5, 5.41) is 9.26. The molecule has 0 saturated heterocycles. The summed E-state index contributed by atoms with van der Waals surface area (Å²) in [6, 6.07) is 9.16. The van der Waals surface area contributed by atoms with Crippen molar-refractivity contribution < 1.29 is 13.2 Å². The quantitative estimate of drug-likeness (QED) is 0.474. The van der Waals surface area contributed by atoms with Gasteiger partial charge in [0, 0.05) is 31.2 Å². The van der Waals surface area contributed by atoms with Crippen LogP contribution in [0.5, 0.6) is 0 Å². The molecule has 0 radical (unpaired) electrons. The van der Waals surface area contributed by atoms with Gasteiger partial charge in [-0.25, -0.2) is 18.1 Å². The average Bonchev–Trinajstić information content (AvgIpc) is 3.37. The molecule has 0 aliphatic heterocycles. The van der Waals surface area contributed by atoms with Gasteiger partial charge in [0.1, 0.15) is 4.90 Å². The Kier molecular flexibility index (Phi) is 5.28. The summed E-state index contributed by atoms with van der Waals surface area (Å²) in [5.74, 6) is 0.525. The highest BCUT2D eigenvalue weighted by Gasteiger charge is 2.23. The Morgan fingerprint density at radius 1 is 1.16 bits per heavy atom. The monoisotopic (exact) mass is 440 g/mol. The largest absolute Gasteiger partial charge is 0.384 e. The van der Waals surface area contributed by atoms with Gasteiger partial charge in [0.15, 0.2) is 5.82 Å². The van der Waals surface area contributed by atoms with E-state index in [4.69, 9.17) is 4.74 Å². The molecule has 10 heteroatoms. The number of hydrogen-bond acceptors (Lipinski definition) is 6. The molecule has 4 rings (SSSR count). The van der Waals surface area contributed by atoms with Crippen LogP contribution in [0.1, 0.15) is 19.4 Å². The van der Waals surface area contributed by atoms with Crippen LogP contribution in [0.25, 0.3) is 16.7 Å². The third kappa shape index (κ3) is 4.04. The zero-order valence-corrected chi connectivity index (χ0v) is 18.6. The van der Waals surface area contributed by atoms with Gasteiger partial charge in [0.2, 0.25) is 0 Å². The number of rotatable bonds is 7. The second-order valence-corrected chi connectivity index (χ2v) is 9.64. The Morgan fingerprint density at radius 2 is 1.97 bits per heavy atom. The summed E-state index contributed by atoms with van der Waals surface area (Å²) in [6.45, 7) is 4.67. The van der Waals surface area contributed by atoms with E-state index in [1.807, 2.05) is 18.2 Å². The summed E-state index contributed by atoms with van der Waals surface area (Å²) in [7, 11) is -0.430. The number of nitrogens with zero attached hydrogens (tertiary/aromatic N) is 5. The molecule has 0 bridgehead atoms. The molecule has 3 heterocycles. The standard InChI is InChI=1S/C21H24N6O3S/c1-21(2,14-30-4)16-8-9-22-19(10-16)27-13-17(12-24-27)31(28,29)25-18-7-5-6-15-11-23-26(3)20(15)18/h5-13,25H,14H2,1-4H3. The molecule has 31 heavy (non-hydrogen) atoms. The van der Waals surface area contributed by atoms with Gasteiger partial charge in [0.05, 0.1) is 36.4 Å². The van der Waals surface area contributed by atoms with Gasteiger partial charge in [-0.1, -0.05) is 26.0 Å². The third-order valence-electron chi connectivity index (χ3n) is 5.14. The number of sulfonamides is 1. The predicted molar refractivity (Wildman–Crippen MR) is 118 cm³/mol. The molecule has 9 nitrogen and oxygen atoms in total. The van der Waals surface area contributed by atoms with Crippen LogP contribution >= 0.6 is 0 Å². The molecule has 162 valence electrons. The molecule has 4 aromatic rings. The second kappa shape index (κ2) is 7.78. The predicted octanol–water partition coefficient (Wildman–Crippen LogP) is 2.88. The minimum absolute atomic E-state index is 0.0371. The summed E-state index contributed by atoms with van der Waals surface area (Å²) >= 11 is 0. The van der Waals surface area contributed by atoms with Gasteiger partial charge in [0.25, 0.3) is 10.0 Å². The van der Waals surface area contributed by atoms with E-state index < -0.39 is 10.0 Å². The molecule has 0 saturated carbocycles. The number of nitrogens with one attached hydrogen (secondary N) is 1. The molecule has 0 fully saturated rings. The molecule has 0 unspecified atom stereocenters. The van der Waals surface area contributed by atoms with E-state index in [0.29, 0.717) is 23.6 Å². The number of hydrogen-bond donors (Lipinski definition) is 1. The van der Waals surface area contributed by atoms with Crippen molar-refractivity contribution in [1.29, 1.82) is 0 Å². The molecule has 0 aliphatic rings. The Balaban J connectivity index is 1.65. The van der Waals surface area contributed by atoms with E-state index >= 15 is 0 Å². The fraction of sp³-hybridized carbons (Fsp3) is 0.286. The zero-order valence-electron chi connectivity index (χ0n) is 17.8. The first-order valence-electron chi connectivity index (χ1n) is 9.65. The zero-order chi connectivity index (χ0) is 22.2. The smallest absolute Gasteiger partial charge is 0.265 e. The van der Waals surface area contributed by atoms with Crippen LogP contribution in [0, 0.1) is 0 Å². The van der Waals surface area contributed by atoms with Crippen molar-refractivity contribution in [2.75, 3.05) is 18.4 Å². The fourth-order valence-electron chi connectivity index (χ4n) is 3.50. The molecule has 0 atom stereocenters. The van der Waals surface area contributed by atoms with Crippen LogP contribution < -0.4 is 4.72 Å². The summed E-state index contributed by atoms with van der Waals surface area (Å²) < 4.78 is 37.0. The number of aryl methyl sites for hydroxylation is 1. The maximum Gasteiger partial charge on any atom is 0.265 e. The number of ether oxygens (including phenoxy) is 1. The molecule has 1 aromatic carbocycles. The van der Waals surface area contributed by atoms with Crippen molar-refractivity contribution in [3.8, 4) is 5.82 Å². The van der Waals surface area contributed by atoms with E-state index in [0.717, 1.165) is 10.9 Å². The SMILES string of the molecule is COCC(C)(C)c1ccnc(-n2cc(S(=O)(=O)Nc3cccc4cnn(C)c34)cn2)c1. The topological polar surface area (TPSA) is 104 Å². The van der Waals surface area contributed by atoms with Gasteiger partial charge >= 0.3 is 0 Å². The number of para-hydroxylation sites is 1. The number of aromatic nitrogens is 5. The van der Waals surface area contributed by atoms with Gasteiger partial charge in [-0.3, -0.25) is 9.40 Å². The van der Waals surface area contributed by atoms with Crippen LogP contribution in [0.2, 0.25) is 0 Å². The highest BCUT2D eigenvalue weighted by molar-refractivity contribution is 7.92. The van der Waals surface area contributed by atoms with Crippen LogP contribution in [-0.4, -0.2) is 46.7 Å². The van der Waals surface area contributed by atoms with Crippen LogP contribution in [0.3, 0.4) is 0 Å². The normalized spacial score (nSPS) is 12.4. The van der Waals surface area contributed by atoms with Crippen molar-refractivity contribution in [1.82, 2.24) is 24.5 Å². The van der Waals surface area contributed by atoms with Crippen molar-refractivity contribution in [2.24, 2.45) is 7.05 Å². The maximum atomic E-state index is 13.0. The first kappa shape index (κ1) is 21.0. The summed E-state index contributed by atoms with van der Waals surface area (Å²) in [5.41, 5.74) is 1.94. The average molecular weight is 441 g/mol. The van der Waals surface area contributed by atoms with Crippen LogP contribution in [0.4, 0.5) is 5.69 Å². The molecule has 3 aromatic heterocycles. The van der Waals surface area contributed by atoms with Crippen LogP contribution in [0.15, 0.2) is 60.0 Å². The molecule has 0 amide bonds. The van der Waals surface area contributed by atoms with E-state index in [1.165, 1.54) is 17.1 Å². The number of methoxy groups -OCH3 is 1. The minimum atomic E-state index is -3.86. The Hall–Kier alpha value is -3.24. The van der Waals surface area contributed by atoms with Gasteiger partial charge < -0.3 is 4.74 Å². The van der Waals surface area contributed by atoms with Gasteiger partial charge in [-0.05, 0) is 23.8 Å². The fourth-order valence-corrected chi connectivity index (χ4v) is 4.50. The highest BCUT2D eigenvalue weighted by atomic mass is 32.2. The van der Waals surface area contributed by atoms with E-state index in [9.17, 15) is 8.42 Å². The first-order valence-corrected chi connectivity index (χ1v) is 11.1. The third-order valence-corrected chi connectivity index (χ3v) is 6.46. The van der Waals surface area contributed by atoms with Crippen LogP contribution in [-0.2, 0) is 27.2 Å². The Bertz CT molecular complexity index is 1340. The highest BCUT2D eigenvalue weighted by Crippen LogP contribution is 2.26. The second-order valence-electron chi connectivity index (χ2n) is 7.96. The summed E-state index contributed by atoms with van der Waals surface area (Å²) in [6.07, 6.45) is 6.12. The number of pyridine rings is 1. The lowest BCUT2D eigenvalue weighted by Gasteiger charge is -2.24. The number of fused-ring (bicyclic) bond motifs is 1. The molecule has 0 aliphatic carbocycles. The van der Waals surface area contributed by atoms with Crippen molar-refractivity contribution in [3.05, 3.63) is 60.7 Å². The molecule has 0 spiro atoms. The number of anilines is 1. The lowest BCUT2D eigenvalue weighted by molar-refractivity contribution is 0.146. The Labute approximate surface area is 180 Å². The van der Waals surface area contributed by atoms with Gasteiger partial charge in [-0.2, -0.15) is 10.2 Å². The van der Waals surface area contributed by atoms with E-state index in [1.54, 1.807) is 43.4 Å². The van der Waals surface area contributed by atoms with Crippen molar-refractivity contribution in [3.63, 3.8) is 0 Å². The first-order chi connectivity index (χ1) is 14.7. The lowest BCUT2D eigenvalue weighted by Crippen LogP contribution is -2.23. The summed E-state index contributed by atoms with van der Waals surface area (Å²) in [4.78, 5) is 4.38. The maximum absolute atomic E-state index is 13.0. The Morgan fingerprint density at radius 3 is 2.74 bits per heavy atom. The molecule has 1 N–H and O–H groups in total. The number of benzene rings is 1. The molecular formula is C21H24N6O3S. The lowest BCUT2D eigenvalue weighted by atomic mass is 9.86.